The van der Waals surface area contributed by atoms with Crippen molar-refractivity contribution in [3.05, 3.63) is 29.8 Å². The minimum Gasteiger partial charge on any atom is -0.374 e. The van der Waals surface area contributed by atoms with Crippen molar-refractivity contribution in [1.29, 1.82) is 0 Å². The maximum Gasteiger partial charge on any atom is 0.244 e. The van der Waals surface area contributed by atoms with Gasteiger partial charge in [0.1, 0.15) is 0 Å². The Morgan fingerprint density at radius 3 is 2.30 bits per heavy atom. The molecular formula is C19H24N2O2. The molecule has 0 saturated carbocycles. The van der Waals surface area contributed by atoms with E-state index in [4.69, 9.17) is 4.74 Å². The van der Waals surface area contributed by atoms with Crippen molar-refractivity contribution in [3.8, 4) is 0 Å². The van der Waals surface area contributed by atoms with Gasteiger partial charge in [-0.2, -0.15) is 0 Å². The zero-order chi connectivity index (χ0) is 15.6. The maximum atomic E-state index is 12.9. The van der Waals surface area contributed by atoms with E-state index < -0.39 is 0 Å². The van der Waals surface area contributed by atoms with Crippen molar-refractivity contribution in [1.82, 2.24) is 4.90 Å². The summed E-state index contributed by atoms with van der Waals surface area (Å²) < 4.78 is 6.06. The van der Waals surface area contributed by atoms with Crippen molar-refractivity contribution in [2.45, 2.75) is 44.4 Å². The molecule has 4 saturated heterocycles. The second kappa shape index (κ2) is 5.05. The van der Waals surface area contributed by atoms with Gasteiger partial charge in [-0.15, -0.1) is 0 Å². The van der Waals surface area contributed by atoms with E-state index in [9.17, 15) is 4.79 Å². The van der Waals surface area contributed by atoms with Crippen molar-refractivity contribution >= 4 is 11.6 Å². The van der Waals surface area contributed by atoms with Crippen LogP contribution in [0.4, 0.5) is 5.69 Å². The molecule has 122 valence electrons. The van der Waals surface area contributed by atoms with Crippen molar-refractivity contribution in [3.63, 3.8) is 0 Å². The average Bonchev–Trinajstić information content (AvgIpc) is 3.28. The second-order valence-electron chi connectivity index (χ2n) is 7.70. The van der Waals surface area contributed by atoms with Crippen LogP contribution in [0.25, 0.3) is 0 Å². The summed E-state index contributed by atoms with van der Waals surface area (Å²) in [5.74, 6) is 1.65. The summed E-state index contributed by atoms with van der Waals surface area (Å²) in [7, 11) is 0. The fourth-order valence-electron chi connectivity index (χ4n) is 5.23. The fourth-order valence-corrected chi connectivity index (χ4v) is 5.23. The van der Waals surface area contributed by atoms with Crippen LogP contribution in [-0.4, -0.2) is 48.7 Å². The number of amides is 1. The Balaban J connectivity index is 1.31. The molecule has 2 bridgehead atoms. The molecule has 4 aliphatic heterocycles. The van der Waals surface area contributed by atoms with Crippen LogP contribution in [0.1, 0.15) is 24.8 Å². The molecule has 1 aromatic carbocycles. The van der Waals surface area contributed by atoms with Crippen LogP contribution in [0.3, 0.4) is 0 Å². The Morgan fingerprint density at radius 1 is 1.00 bits per heavy atom. The number of likely N-dealkylation sites (tertiary alicyclic amines) is 1. The Kier molecular flexibility index (Phi) is 3.07. The Bertz CT molecular complexity index is 611. The summed E-state index contributed by atoms with van der Waals surface area (Å²) in [4.78, 5) is 17.4. The quantitative estimate of drug-likeness (QED) is 0.839. The third-order valence-electron chi connectivity index (χ3n) is 6.44. The number of hydrogen-bond acceptors (Lipinski definition) is 3. The summed E-state index contributed by atoms with van der Waals surface area (Å²) in [5, 5.41) is 0. The molecule has 4 heteroatoms. The minimum atomic E-state index is 0.0845. The van der Waals surface area contributed by atoms with E-state index in [1.807, 2.05) is 4.90 Å². The van der Waals surface area contributed by atoms with E-state index in [1.165, 1.54) is 18.4 Å². The molecule has 4 heterocycles. The number of benzene rings is 1. The van der Waals surface area contributed by atoms with Gasteiger partial charge in [0.15, 0.2) is 0 Å². The highest BCUT2D eigenvalue weighted by atomic mass is 16.5. The summed E-state index contributed by atoms with van der Waals surface area (Å²) in [6, 6.07) is 8.41. The zero-order valence-electron chi connectivity index (χ0n) is 13.6. The van der Waals surface area contributed by atoms with Crippen LogP contribution in [0, 0.1) is 18.8 Å². The lowest BCUT2D eigenvalue weighted by atomic mass is 9.82. The third kappa shape index (κ3) is 2.08. The van der Waals surface area contributed by atoms with Crippen LogP contribution in [0.2, 0.25) is 0 Å². The molecule has 4 aliphatic rings. The molecule has 0 N–H and O–H groups in total. The van der Waals surface area contributed by atoms with E-state index in [1.54, 1.807) is 0 Å². The molecule has 5 atom stereocenters. The first kappa shape index (κ1) is 14.0. The van der Waals surface area contributed by atoms with Crippen LogP contribution >= 0.6 is 0 Å². The minimum absolute atomic E-state index is 0.0845. The highest BCUT2D eigenvalue weighted by Crippen LogP contribution is 2.48. The molecule has 0 spiro atoms. The first-order valence-corrected chi connectivity index (χ1v) is 8.98. The highest BCUT2D eigenvalue weighted by molar-refractivity contribution is 5.99. The van der Waals surface area contributed by atoms with Crippen LogP contribution in [-0.2, 0) is 9.53 Å². The van der Waals surface area contributed by atoms with Gasteiger partial charge in [0.2, 0.25) is 5.91 Å². The Morgan fingerprint density at radius 2 is 1.65 bits per heavy atom. The Labute approximate surface area is 137 Å². The second-order valence-corrected chi connectivity index (χ2v) is 7.70. The van der Waals surface area contributed by atoms with Gasteiger partial charge in [0.05, 0.1) is 18.2 Å². The lowest BCUT2D eigenvalue weighted by molar-refractivity contribution is -0.121. The number of nitrogens with zero attached hydrogens (tertiary/aromatic N) is 2. The van der Waals surface area contributed by atoms with Crippen LogP contribution in [0.15, 0.2) is 24.3 Å². The summed E-state index contributed by atoms with van der Waals surface area (Å²) in [6.45, 7) is 5.05. The summed E-state index contributed by atoms with van der Waals surface area (Å²) in [6.07, 6.45) is 4.36. The van der Waals surface area contributed by atoms with E-state index in [-0.39, 0.29) is 6.04 Å². The zero-order valence-corrected chi connectivity index (χ0v) is 13.6. The first-order valence-electron chi connectivity index (χ1n) is 8.98. The number of aryl methyl sites for hydroxylation is 1. The van der Waals surface area contributed by atoms with Gasteiger partial charge in [0, 0.05) is 37.2 Å². The fraction of sp³-hybridized carbons (Fsp3) is 0.632. The molecular weight excluding hydrogens is 288 g/mol. The largest absolute Gasteiger partial charge is 0.374 e. The molecule has 0 aromatic heterocycles. The number of anilines is 1. The first-order chi connectivity index (χ1) is 11.2. The van der Waals surface area contributed by atoms with Gasteiger partial charge >= 0.3 is 0 Å². The van der Waals surface area contributed by atoms with Gasteiger partial charge in [0.25, 0.3) is 0 Å². The molecule has 0 aliphatic carbocycles. The van der Waals surface area contributed by atoms with E-state index >= 15 is 0 Å². The standard InChI is InChI=1S/C19H24N2O2/c1-12-2-4-13(5-3-12)21-9-8-16(19(21)22)20-10-14-15(11-20)18-7-6-17(14)23-18/h2-5,14-18H,6-11H2,1H3/t14-,15+,16-,17-,18-/m1/s1. The van der Waals surface area contributed by atoms with Crippen LogP contribution in [0.5, 0.6) is 0 Å². The Hall–Kier alpha value is -1.39. The van der Waals surface area contributed by atoms with Crippen molar-refractivity contribution in [2.24, 2.45) is 11.8 Å². The molecule has 1 aromatic rings. The maximum absolute atomic E-state index is 12.9. The molecule has 1 amide bonds. The molecule has 4 fully saturated rings. The number of hydrogen-bond donors (Lipinski definition) is 0. The monoisotopic (exact) mass is 312 g/mol. The van der Waals surface area contributed by atoms with Crippen molar-refractivity contribution in [2.75, 3.05) is 24.5 Å². The van der Waals surface area contributed by atoms with Gasteiger partial charge in [-0.3, -0.25) is 9.69 Å². The number of fused-ring (bicyclic) bond motifs is 5. The predicted octanol–water partition coefficient (Wildman–Crippen LogP) is 2.21. The average molecular weight is 312 g/mol. The molecule has 23 heavy (non-hydrogen) atoms. The van der Waals surface area contributed by atoms with Gasteiger partial charge < -0.3 is 9.64 Å². The summed E-state index contributed by atoms with van der Waals surface area (Å²) in [5.41, 5.74) is 2.28. The number of carbonyl (C=O) groups is 1. The van der Waals surface area contributed by atoms with E-state index in [0.717, 1.165) is 31.7 Å². The lowest BCUT2D eigenvalue weighted by Crippen LogP contribution is -2.41. The number of rotatable bonds is 2. The van der Waals surface area contributed by atoms with Crippen LogP contribution < -0.4 is 4.90 Å². The molecule has 0 radical (unpaired) electrons. The topological polar surface area (TPSA) is 32.8 Å². The van der Waals surface area contributed by atoms with E-state index in [0.29, 0.717) is 30.0 Å². The predicted molar refractivity (Wildman–Crippen MR) is 88.4 cm³/mol. The number of carbonyl (C=O) groups excluding carboxylic acids is 1. The van der Waals surface area contributed by atoms with Gasteiger partial charge in [-0.05, 0) is 38.3 Å². The normalized spacial score (nSPS) is 39.4. The number of ether oxygens (including phenoxy) is 1. The molecule has 0 unspecified atom stereocenters. The SMILES string of the molecule is Cc1ccc(N2CC[C@@H](N3C[C@@H]4[C@H](C3)[C@H]3CC[C@H]4O3)C2=O)cc1. The van der Waals surface area contributed by atoms with Gasteiger partial charge in [-0.1, -0.05) is 17.7 Å². The molecule has 5 rings (SSSR count). The highest BCUT2D eigenvalue weighted by Gasteiger charge is 2.55. The molecule has 4 nitrogen and oxygen atoms in total. The third-order valence-corrected chi connectivity index (χ3v) is 6.44. The lowest BCUT2D eigenvalue weighted by Gasteiger charge is -2.25. The van der Waals surface area contributed by atoms with Gasteiger partial charge in [-0.25, -0.2) is 0 Å². The smallest absolute Gasteiger partial charge is 0.244 e. The van der Waals surface area contributed by atoms with E-state index in [2.05, 4.69) is 36.1 Å². The summed E-state index contributed by atoms with van der Waals surface area (Å²) >= 11 is 0. The van der Waals surface area contributed by atoms with Crippen molar-refractivity contribution < 1.29 is 9.53 Å².